The molecule has 1 atom stereocenters. The van der Waals surface area contributed by atoms with E-state index in [9.17, 15) is 4.79 Å². The fraction of sp³-hybridized carbons (Fsp3) is 0.429. The van der Waals surface area contributed by atoms with Crippen molar-refractivity contribution in [1.82, 2.24) is 30.1 Å². The number of benzene rings is 2. The molecule has 9 heteroatoms. The molecule has 0 spiro atoms. The number of ether oxygens (including phenoxy) is 1. The molecule has 0 radical (unpaired) electrons. The van der Waals surface area contributed by atoms with Crippen molar-refractivity contribution in [2.45, 2.75) is 44.7 Å². The standard InChI is InChI=1S/C28H33N7O2/c1-19-7-12-25-20(17-19)18-24(28(36)29-25)26(27-30-31-32-35(27)22-5-3-4-6-22)34-15-13-33(14-16-34)21-8-10-23(37-2)11-9-21/h7-12,17-18,22,26H,3-6,13-16H2,1-2H3,(H,29,36)/t26-/m1/s1. The molecular weight excluding hydrogens is 466 g/mol. The Balaban J connectivity index is 1.36. The first-order chi connectivity index (χ1) is 18.1. The molecule has 1 aliphatic heterocycles. The number of hydrogen-bond acceptors (Lipinski definition) is 7. The lowest BCUT2D eigenvalue weighted by Gasteiger charge is -2.39. The minimum Gasteiger partial charge on any atom is -0.497 e. The highest BCUT2D eigenvalue weighted by molar-refractivity contribution is 5.79. The van der Waals surface area contributed by atoms with E-state index < -0.39 is 0 Å². The largest absolute Gasteiger partial charge is 0.497 e. The molecule has 3 heterocycles. The topological polar surface area (TPSA) is 92.2 Å². The first-order valence-corrected chi connectivity index (χ1v) is 13.1. The number of hydrogen-bond donors (Lipinski definition) is 1. The summed E-state index contributed by atoms with van der Waals surface area (Å²) in [5.74, 6) is 1.62. The number of H-pyrrole nitrogens is 1. The number of nitrogens with zero attached hydrogens (tertiary/aromatic N) is 6. The molecular formula is C28H33N7O2. The molecule has 0 unspecified atom stereocenters. The molecule has 9 nitrogen and oxygen atoms in total. The summed E-state index contributed by atoms with van der Waals surface area (Å²) in [7, 11) is 1.68. The zero-order chi connectivity index (χ0) is 25.4. The normalized spacial score (nSPS) is 17.9. The molecule has 192 valence electrons. The van der Waals surface area contributed by atoms with Crippen molar-refractivity contribution in [3.05, 3.63) is 75.8 Å². The van der Waals surface area contributed by atoms with E-state index in [4.69, 9.17) is 4.74 Å². The summed E-state index contributed by atoms with van der Waals surface area (Å²) in [5.41, 5.74) is 3.79. The van der Waals surface area contributed by atoms with Crippen molar-refractivity contribution in [1.29, 1.82) is 0 Å². The maximum absolute atomic E-state index is 13.5. The Labute approximate surface area is 216 Å². The van der Waals surface area contributed by atoms with E-state index in [0.29, 0.717) is 5.56 Å². The van der Waals surface area contributed by atoms with Crippen LogP contribution < -0.4 is 15.2 Å². The van der Waals surface area contributed by atoms with Gasteiger partial charge in [0, 0.05) is 42.9 Å². The first-order valence-electron chi connectivity index (χ1n) is 13.1. The van der Waals surface area contributed by atoms with Crippen LogP contribution >= 0.6 is 0 Å². The van der Waals surface area contributed by atoms with Gasteiger partial charge in [0.05, 0.1) is 13.2 Å². The van der Waals surface area contributed by atoms with Crippen LogP contribution in [-0.2, 0) is 0 Å². The summed E-state index contributed by atoms with van der Waals surface area (Å²) in [5, 5.41) is 14.1. The Bertz CT molecular complexity index is 1430. The average molecular weight is 500 g/mol. The maximum Gasteiger partial charge on any atom is 0.253 e. The Morgan fingerprint density at radius 1 is 1.00 bits per heavy atom. The second-order valence-corrected chi connectivity index (χ2v) is 10.2. The molecule has 1 aliphatic carbocycles. The highest BCUT2D eigenvalue weighted by Crippen LogP contribution is 2.34. The van der Waals surface area contributed by atoms with E-state index in [-0.39, 0.29) is 17.6 Å². The third-order valence-corrected chi connectivity index (χ3v) is 7.87. The van der Waals surface area contributed by atoms with Crippen LogP contribution in [0.4, 0.5) is 5.69 Å². The van der Waals surface area contributed by atoms with Gasteiger partial charge in [0.1, 0.15) is 11.8 Å². The number of piperazine rings is 1. The van der Waals surface area contributed by atoms with Crippen molar-refractivity contribution in [2.75, 3.05) is 38.2 Å². The van der Waals surface area contributed by atoms with E-state index in [2.05, 4.69) is 55.4 Å². The van der Waals surface area contributed by atoms with Gasteiger partial charge in [-0.2, -0.15) is 0 Å². The monoisotopic (exact) mass is 499 g/mol. The van der Waals surface area contributed by atoms with Gasteiger partial charge in [0.15, 0.2) is 5.82 Å². The SMILES string of the molecule is COc1ccc(N2CCN([C@H](c3cc4cc(C)ccc4[nH]c3=O)c3nnnn3C3CCCC3)CC2)cc1. The molecule has 0 amide bonds. The number of aryl methyl sites for hydroxylation is 1. The van der Waals surface area contributed by atoms with Crippen LogP contribution in [0.15, 0.2) is 53.3 Å². The fourth-order valence-electron chi connectivity index (χ4n) is 5.87. The van der Waals surface area contributed by atoms with Crippen LogP contribution in [0.25, 0.3) is 10.9 Å². The Hall–Kier alpha value is -3.72. The molecule has 4 aromatic rings. The number of anilines is 1. The number of aromatic nitrogens is 5. The molecule has 1 saturated heterocycles. The van der Waals surface area contributed by atoms with Gasteiger partial charge >= 0.3 is 0 Å². The van der Waals surface area contributed by atoms with Crippen molar-refractivity contribution in [3.63, 3.8) is 0 Å². The number of aromatic amines is 1. The van der Waals surface area contributed by atoms with Crippen molar-refractivity contribution >= 4 is 16.6 Å². The quantitative estimate of drug-likeness (QED) is 0.431. The highest BCUT2D eigenvalue weighted by Gasteiger charge is 2.34. The molecule has 2 fully saturated rings. The van der Waals surface area contributed by atoms with Gasteiger partial charge in [-0.15, -0.1) is 5.10 Å². The second kappa shape index (κ2) is 9.97. The highest BCUT2D eigenvalue weighted by atomic mass is 16.5. The Kier molecular flexibility index (Phi) is 6.38. The lowest BCUT2D eigenvalue weighted by atomic mass is 10.0. The van der Waals surface area contributed by atoms with Crippen LogP contribution in [-0.4, -0.2) is 63.4 Å². The summed E-state index contributed by atoms with van der Waals surface area (Å²) in [4.78, 5) is 21.4. The number of rotatable bonds is 6. The molecule has 6 rings (SSSR count). The molecule has 2 aliphatic rings. The molecule has 1 saturated carbocycles. The van der Waals surface area contributed by atoms with Crippen LogP contribution in [0.3, 0.4) is 0 Å². The molecule has 2 aromatic heterocycles. The van der Waals surface area contributed by atoms with Gasteiger partial charge in [-0.25, -0.2) is 4.68 Å². The third kappa shape index (κ3) is 4.59. The number of pyridine rings is 1. The first kappa shape index (κ1) is 23.7. The predicted molar refractivity (Wildman–Crippen MR) is 143 cm³/mol. The van der Waals surface area contributed by atoms with Gasteiger partial charge in [0.2, 0.25) is 0 Å². The maximum atomic E-state index is 13.5. The summed E-state index contributed by atoms with van der Waals surface area (Å²) in [6, 6.07) is 16.3. The third-order valence-electron chi connectivity index (χ3n) is 7.87. The molecule has 0 bridgehead atoms. The van der Waals surface area contributed by atoms with E-state index >= 15 is 0 Å². The summed E-state index contributed by atoms with van der Waals surface area (Å²) in [6.07, 6.45) is 4.52. The minimum atomic E-state index is -0.317. The number of fused-ring (bicyclic) bond motifs is 1. The summed E-state index contributed by atoms with van der Waals surface area (Å²) >= 11 is 0. The van der Waals surface area contributed by atoms with E-state index in [0.717, 1.165) is 67.1 Å². The van der Waals surface area contributed by atoms with Gasteiger partial charge < -0.3 is 14.6 Å². The zero-order valence-corrected chi connectivity index (χ0v) is 21.4. The summed E-state index contributed by atoms with van der Waals surface area (Å²) < 4.78 is 7.31. The van der Waals surface area contributed by atoms with Crippen LogP contribution in [0.1, 0.15) is 54.7 Å². The zero-order valence-electron chi connectivity index (χ0n) is 21.4. The Morgan fingerprint density at radius 2 is 1.76 bits per heavy atom. The van der Waals surface area contributed by atoms with Crippen LogP contribution in [0.2, 0.25) is 0 Å². The molecule has 2 aromatic carbocycles. The van der Waals surface area contributed by atoms with Gasteiger partial charge in [-0.3, -0.25) is 9.69 Å². The van der Waals surface area contributed by atoms with Crippen molar-refractivity contribution in [3.8, 4) is 5.75 Å². The van der Waals surface area contributed by atoms with Gasteiger partial charge in [-0.1, -0.05) is 24.5 Å². The molecule has 37 heavy (non-hydrogen) atoms. The second-order valence-electron chi connectivity index (χ2n) is 10.2. The van der Waals surface area contributed by atoms with Gasteiger partial charge in [0.25, 0.3) is 5.56 Å². The van der Waals surface area contributed by atoms with Crippen LogP contribution in [0, 0.1) is 6.92 Å². The number of tetrazole rings is 1. The minimum absolute atomic E-state index is 0.0834. The van der Waals surface area contributed by atoms with E-state index in [1.165, 1.54) is 18.5 Å². The average Bonchev–Trinajstić information content (AvgIpc) is 3.62. The van der Waals surface area contributed by atoms with Crippen molar-refractivity contribution in [2.24, 2.45) is 0 Å². The fourth-order valence-corrected chi connectivity index (χ4v) is 5.87. The van der Waals surface area contributed by atoms with Crippen molar-refractivity contribution < 1.29 is 4.74 Å². The predicted octanol–water partition coefficient (Wildman–Crippen LogP) is 3.86. The lowest BCUT2D eigenvalue weighted by molar-refractivity contribution is 0.197. The molecule has 1 N–H and O–H groups in total. The van der Waals surface area contributed by atoms with E-state index in [1.807, 2.05) is 35.0 Å². The van der Waals surface area contributed by atoms with Gasteiger partial charge in [-0.05, 0) is 78.0 Å². The summed E-state index contributed by atoms with van der Waals surface area (Å²) in [6.45, 7) is 5.34. The Morgan fingerprint density at radius 3 is 2.49 bits per heavy atom. The smallest absolute Gasteiger partial charge is 0.253 e. The number of methoxy groups -OCH3 is 1. The number of nitrogens with one attached hydrogen (secondary N) is 1. The lowest BCUT2D eigenvalue weighted by Crippen LogP contribution is -2.49. The van der Waals surface area contributed by atoms with Crippen LogP contribution in [0.5, 0.6) is 5.75 Å². The van der Waals surface area contributed by atoms with E-state index in [1.54, 1.807) is 7.11 Å².